The van der Waals surface area contributed by atoms with Gasteiger partial charge in [-0.05, 0) is 24.3 Å². The average Bonchev–Trinajstić information content (AvgIpc) is 2.55. The van der Waals surface area contributed by atoms with Crippen LogP contribution in [0.3, 0.4) is 0 Å². The van der Waals surface area contributed by atoms with Crippen molar-refractivity contribution in [2.24, 2.45) is 0 Å². The number of aromatic nitrogens is 1. The monoisotopic (exact) mass is 287 g/mol. The van der Waals surface area contributed by atoms with Crippen molar-refractivity contribution in [2.45, 2.75) is 0 Å². The Labute approximate surface area is 123 Å². The molecule has 0 saturated heterocycles. The number of pyridine rings is 1. The van der Waals surface area contributed by atoms with Crippen LogP contribution in [0.2, 0.25) is 0 Å². The van der Waals surface area contributed by atoms with Crippen LogP contribution in [-0.2, 0) is 0 Å². The summed E-state index contributed by atoms with van der Waals surface area (Å²) >= 11 is 0. The maximum atomic E-state index is 12.3. The van der Waals surface area contributed by atoms with Crippen molar-refractivity contribution in [3.63, 3.8) is 0 Å². The van der Waals surface area contributed by atoms with Crippen molar-refractivity contribution >= 4 is 17.4 Å². The lowest BCUT2D eigenvalue weighted by Crippen LogP contribution is -2.15. The topological polar surface area (TPSA) is 72.5 Å². The van der Waals surface area contributed by atoms with Crippen LogP contribution < -0.4 is 20.1 Å². The first kappa shape index (κ1) is 14.6. The van der Waals surface area contributed by atoms with Crippen molar-refractivity contribution < 1.29 is 14.3 Å². The Morgan fingerprint density at radius 1 is 1.19 bits per heavy atom. The molecule has 0 spiro atoms. The van der Waals surface area contributed by atoms with E-state index >= 15 is 0 Å². The molecule has 0 aliphatic heterocycles. The molecule has 2 aromatic rings. The fraction of sp³-hybridized carbons (Fsp3) is 0.200. The number of hydrogen-bond donors (Lipinski definition) is 2. The number of methoxy groups -OCH3 is 2. The van der Waals surface area contributed by atoms with Crippen molar-refractivity contribution in [1.82, 2.24) is 4.98 Å². The van der Waals surface area contributed by atoms with Gasteiger partial charge in [0.05, 0.1) is 25.5 Å². The van der Waals surface area contributed by atoms with Crippen LogP contribution in [0.1, 0.15) is 10.4 Å². The summed E-state index contributed by atoms with van der Waals surface area (Å²) in [4.78, 5) is 16.4. The number of benzene rings is 1. The number of nitrogens with one attached hydrogen (secondary N) is 2. The third-order valence-corrected chi connectivity index (χ3v) is 2.95. The lowest BCUT2D eigenvalue weighted by Gasteiger charge is -2.12. The smallest absolute Gasteiger partial charge is 0.259 e. The predicted molar refractivity (Wildman–Crippen MR) is 81.3 cm³/mol. The molecular weight excluding hydrogens is 270 g/mol. The minimum Gasteiger partial charge on any atom is -0.497 e. The highest BCUT2D eigenvalue weighted by Gasteiger charge is 2.14. The molecule has 6 heteroatoms. The third-order valence-electron chi connectivity index (χ3n) is 2.95. The van der Waals surface area contributed by atoms with Crippen molar-refractivity contribution in [3.05, 3.63) is 42.1 Å². The SMILES string of the molecule is CNc1ncccc1C(=O)Nc1ccc(OC)cc1OC. The number of nitrogens with zero attached hydrogens (tertiary/aromatic N) is 1. The van der Waals surface area contributed by atoms with Crippen LogP contribution in [0.5, 0.6) is 11.5 Å². The number of carbonyl (C=O) groups is 1. The van der Waals surface area contributed by atoms with Gasteiger partial charge < -0.3 is 20.1 Å². The van der Waals surface area contributed by atoms with E-state index in [0.717, 1.165) is 0 Å². The third kappa shape index (κ3) is 3.22. The molecule has 110 valence electrons. The molecule has 0 radical (unpaired) electrons. The van der Waals surface area contributed by atoms with Gasteiger partial charge in [-0.15, -0.1) is 0 Å². The van der Waals surface area contributed by atoms with Crippen LogP contribution in [-0.4, -0.2) is 32.2 Å². The Morgan fingerprint density at radius 3 is 2.67 bits per heavy atom. The van der Waals surface area contributed by atoms with E-state index in [1.165, 1.54) is 7.11 Å². The highest BCUT2D eigenvalue weighted by molar-refractivity contribution is 6.08. The first-order valence-electron chi connectivity index (χ1n) is 6.35. The number of anilines is 2. The molecule has 2 rings (SSSR count). The summed E-state index contributed by atoms with van der Waals surface area (Å²) in [6, 6.07) is 8.59. The van der Waals surface area contributed by atoms with Gasteiger partial charge in [0.25, 0.3) is 5.91 Å². The number of ether oxygens (including phenoxy) is 2. The van der Waals surface area contributed by atoms with Gasteiger partial charge in [-0.3, -0.25) is 4.79 Å². The summed E-state index contributed by atoms with van der Waals surface area (Å²) in [6.07, 6.45) is 1.62. The highest BCUT2D eigenvalue weighted by Crippen LogP contribution is 2.29. The first-order valence-corrected chi connectivity index (χ1v) is 6.35. The van der Waals surface area contributed by atoms with E-state index in [9.17, 15) is 4.79 Å². The van der Waals surface area contributed by atoms with Gasteiger partial charge in [-0.2, -0.15) is 0 Å². The van der Waals surface area contributed by atoms with Gasteiger partial charge in [0.2, 0.25) is 0 Å². The standard InChI is InChI=1S/C15H17N3O3/c1-16-14-11(5-4-8-17-14)15(19)18-12-7-6-10(20-2)9-13(12)21-3/h4-9H,1-3H3,(H,16,17)(H,18,19). The van der Waals surface area contributed by atoms with E-state index in [0.29, 0.717) is 28.6 Å². The summed E-state index contributed by atoms with van der Waals surface area (Å²) < 4.78 is 10.4. The summed E-state index contributed by atoms with van der Waals surface area (Å²) in [5, 5.41) is 5.69. The lowest BCUT2D eigenvalue weighted by molar-refractivity contribution is 0.102. The second kappa shape index (κ2) is 6.60. The predicted octanol–water partition coefficient (Wildman–Crippen LogP) is 2.39. The molecule has 0 aliphatic rings. The second-order valence-electron chi connectivity index (χ2n) is 4.17. The molecular formula is C15H17N3O3. The van der Waals surface area contributed by atoms with E-state index in [4.69, 9.17) is 9.47 Å². The number of rotatable bonds is 5. The Bertz CT molecular complexity index is 644. The van der Waals surface area contributed by atoms with Crippen LogP contribution in [0.25, 0.3) is 0 Å². The molecule has 2 N–H and O–H groups in total. The molecule has 0 aliphatic carbocycles. The van der Waals surface area contributed by atoms with Crippen molar-refractivity contribution in [3.8, 4) is 11.5 Å². The molecule has 1 aromatic heterocycles. The van der Waals surface area contributed by atoms with Crippen molar-refractivity contribution in [2.75, 3.05) is 31.9 Å². The minimum absolute atomic E-state index is 0.268. The minimum atomic E-state index is -0.268. The van der Waals surface area contributed by atoms with Gasteiger partial charge in [0, 0.05) is 19.3 Å². The molecule has 1 aromatic carbocycles. The largest absolute Gasteiger partial charge is 0.497 e. The quantitative estimate of drug-likeness (QED) is 0.883. The molecule has 21 heavy (non-hydrogen) atoms. The zero-order valence-corrected chi connectivity index (χ0v) is 12.1. The fourth-order valence-electron chi connectivity index (χ4n) is 1.88. The number of hydrogen-bond acceptors (Lipinski definition) is 5. The molecule has 0 bridgehead atoms. The molecule has 6 nitrogen and oxygen atoms in total. The lowest BCUT2D eigenvalue weighted by atomic mass is 10.2. The van der Waals surface area contributed by atoms with Gasteiger partial charge >= 0.3 is 0 Å². The van der Waals surface area contributed by atoms with Gasteiger partial charge in [0.1, 0.15) is 17.3 Å². The summed E-state index contributed by atoms with van der Waals surface area (Å²) in [5.74, 6) is 1.43. The Hall–Kier alpha value is -2.76. The Kier molecular flexibility index (Phi) is 4.61. The Morgan fingerprint density at radius 2 is 2.00 bits per heavy atom. The highest BCUT2D eigenvalue weighted by atomic mass is 16.5. The summed E-state index contributed by atoms with van der Waals surface area (Å²) in [7, 11) is 4.82. The average molecular weight is 287 g/mol. The summed E-state index contributed by atoms with van der Waals surface area (Å²) in [6.45, 7) is 0. The zero-order chi connectivity index (χ0) is 15.2. The van der Waals surface area contributed by atoms with E-state index in [2.05, 4.69) is 15.6 Å². The van der Waals surface area contributed by atoms with Crippen LogP contribution >= 0.6 is 0 Å². The van der Waals surface area contributed by atoms with E-state index in [-0.39, 0.29) is 5.91 Å². The maximum Gasteiger partial charge on any atom is 0.259 e. The van der Waals surface area contributed by atoms with Gasteiger partial charge in [-0.25, -0.2) is 4.98 Å². The first-order chi connectivity index (χ1) is 10.2. The molecule has 0 fully saturated rings. The fourth-order valence-corrected chi connectivity index (χ4v) is 1.88. The van der Waals surface area contributed by atoms with Crippen LogP contribution in [0.15, 0.2) is 36.5 Å². The number of carbonyl (C=O) groups excluding carboxylic acids is 1. The maximum absolute atomic E-state index is 12.3. The molecule has 1 amide bonds. The summed E-state index contributed by atoms with van der Waals surface area (Å²) in [5.41, 5.74) is 1.02. The Balaban J connectivity index is 2.27. The van der Waals surface area contributed by atoms with E-state index in [1.807, 2.05) is 0 Å². The molecule has 0 saturated carbocycles. The molecule has 0 atom stereocenters. The van der Waals surface area contributed by atoms with Gasteiger partial charge in [-0.1, -0.05) is 0 Å². The van der Waals surface area contributed by atoms with Crippen LogP contribution in [0.4, 0.5) is 11.5 Å². The van der Waals surface area contributed by atoms with Crippen molar-refractivity contribution in [1.29, 1.82) is 0 Å². The van der Waals surface area contributed by atoms with E-state index in [1.54, 1.807) is 50.7 Å². The number of amides is 1. The van der Waals surface area contributed by atoms with E-state index < -0.39 is 0 Å². The second-order valence-corrected chi connectivity index (χ2v) is 4.17. The molecule has 0 unspecified atom stereocenters. The normalized spacial score (nSPS) is 9.86. The zero-order valence-electron chi connectivity index (χ0n) is 12.1. The van der Waals surface area contributed by atoms with Gasteiger partial charge in [0.15, 0.2) is 0 Å². The van der Waals surface area contributed by atoms with Crippen LogP contribution in [0, 0.1) is 0 Å². The molecule has 1 heterocycles.